The molecule has 4 heteroatoms. The van der Waals surface area contributed by atoms with E-state index in [-0.39, 0.29) is 5.91 Å². The molecule has 16 heavy (non-hydrogen) atoms. The molecule has 2 rings (SSSR count). The van der Waals surface area contributed by atoms with E-state index in [0.29, 0.717) is 17.8 Å². The van der Waals surface area contributed by atoms with Crippen molar-refractivity contribution in [3.8, 4) is 0 Å². The van der Waals surface area contributed by atoms with Gasteiger partial charge in [0.05, 0.1) is 0 Å². The van der Waals surface area contributed by atoms with Crippen LogP contribution in [0.2, 0.25) is 0 Å². The van der Waals surface area contributed by atoms with Gasteiger partial charge in [-0.05, 0) is 39.2 Å². The number of likely N-dealkylation sites (tertiary alicyclic amines) is 1. The minimum absolute atomic E-state index is 0.111. The van der Waals surface area contributed by atoms with Gasteiger partial charge in [-0.3, -0.25) is 9.48 Å². The maximum Gasteiger partial charge on any atom is 0.272 e. The van der Waals surface area contributed by atoms with E-state index in [1.165, 1.54) is 6.42 Å². The molecule has 0 radical (unpaired) electrons. The van der Waals surface area contributed by atoms with Gasteiger partial charge in [-0.1, -0.05) is 0 Å². The second-order valence-corrected chi connectivity index (χ2v) is 4.68. The second kappa shape index (κ2) is 4.28. The van der Waals surface area contributed by atoms with Crippen LogP contribution in [0.1, 0.15) is 43.6 Å². The maximum atomic E-state index is 12.4. The van der Waals surface area contributed by atoms with Gasteiger partial charge < -0.3 is 4.90 Å². The van der Waals surface area contributed by atoms with Crippen LogP contribution in [0, 0.1) is 0 Å². The summed E-state index contributed by atoms with van der Waals surface area (Å²) in [4.78, 5) is 14.4. The lowest BCUT2D eigenvalue weighted by Crippen LogP contribution is -2.48. The third-order valence-corrected chi connectivity index (χ3v) is 3.47. The zero-order chi connectivity index (χ0) is 11.7. The lowest BCUT2D eigenvalue weighted by Gasteiger charge is -2.38. The molecule has 0 aromatic carbocycles. The Kier molecular flexibility index (Phi) is 2.99. The summed E-state index contributed by atoms with van der Waals surface area (Å²) in [6.07, 6.45) is 5.10. The van der Waals surface area contributed by atoms with Gasteiger partial charge in [-0.15, -0.1) is 0 Å². The largest absolute Gasteiger partial charge is 0.332 e. The molecule has 2 heterocycles. The van der Waals surface area contributed by atoms with Crippen LogP contribution in [-0.4, -0.2) is 32.7 Å². The predicted molar refractivity (Wildman–Crippen MR) is 62.2 cm³/mol. The van der Waals surface area contributed by atoms with E-state index in [2.05, 4.69) is 18.9 Å². The van der Waals surface area contributed by atoms with Gasteiger partial charge in [-0.2, -0.15) is 5.10 Å². The normalized spacial score (nSPS) is 25.8. The molecular formula is C12H19N3O. The van der Waals surface area contributed by atoms with Crippen molar-refractivity contribution in [3.05, 3.63) is 18.0 Å². The van der Waals surface area contributed by atoms with E-state index in [4.69, 9.17) is 0 Å². The van der Waals surface area contributed by atoms with Gasteiger partial charge in [0.15, 0.2) is 0 Å². The van der Waals surface area contributed by atoms with Gasteiger partial charge in [-0.25, -0.2) is 0 Å². The van der Waals surface area contributed by atoms with Crippen LogP contribution in [0.15, 0.2) is 12.3 Å². The Hall–Kier alpha value is -1.32. The lowest BCUT2D eigenvalue weighted by molar-refractivity contribution is 0.0499. The van der Waals surface area contributed by atoms with E-state index in [1.807, 2.05) is 11.9 Å². The van der Waals surface area contributed by atoms with E-state index in [9.17, 15) is 4.79 Å². The molecule has 1 fully saturated rings. The van der Waals surface area contributed by atoms with Crippen LogP contribution in [-0.2, 0) is 7.05 Å². The molecule has 1 aliphatic rings. The number of nitrogens with zero attached hydrogens (tertiary/aromatic N) is 3. The molecule has 1 aromatic rings. The first-order valence-electron chi connectivity index (χ1n) is 5.92. The molecule has 0 saturated carbocycles. The zero-order valence-corrected chi connectivity index (χ0v) is 10.2. The van der Waals surface area contributed by atoms with E-state index in [1.54, 1.807) is 16.9 Å². The van der Waals surface area contributed by atoms with Gasteiger partial charge >= 0.3 is 0 Å². The highest BCUT2D eigenvalue weighted by Crippen LogP contribution is 2.24. The highest BCUT2D eigenvalue weighted by Gasteiger charge is 2.30. The summed E-state index contributed by atoms with van der Waals surface area (Å²) in [6, 6.07) is 2.47. The Labute approximate surface area is 96.2 Å². The molecule has 0 aliphatic carbocycles. The molecule has 1 aliphatic heterocycles. The second-order valence-electron chi connectivity index (χ2n) is 4.68. The minimum Gasteiger partial charge on any atom is -0.332 e. The Balaban J connectivity index is 2.23. The van der Waals surface area contributed by atoms with Crippen molar-refractivity contribution >= 4 is 5.91 Å². The summed E-state index contributed by atoms with van der Waals surface area (Å²) in [6.45, 7) is 4.26. The lowest BCUT2D eigenvalue weighted by atomic mass is 9.97. The number of hydrogen-bond acceptors (Lipinski definition) is 2. The van der Waals surface area contributed by atoms with Crippen LogP contribution < -0.4 is 0 Å². The molecule has 0 spiro atoms. The highest BCUT2D eigenvalue weighted by atomic mass is 16.2. The number of aryl methyl sites for hydroxylation is 1. The van der Waals surface area contributed by atoms with E-state index < -0.39 is 0 Å². The number of piperidine rings is 1. The van der Waals surface area contributed by atoms with Crippen LogP contribution in [0.3, 0.4) is 0 Å². The molecular weight excluding hydrogens is 202 g/mol. The zero-order valence-electron chi connectivity index (χ0n) is 10.2. The average molecular weight is 221 g/mol. The fourth-order valence-corrected chi connectivity index (χ4v) is 2.54. The summed E-state index contributed by atoms with van der Waals surface area (Å²) in [7, 11) is 1.81. The van der Waals surface area contributed by atoms with Crippen LogP contribution in [0.25, 0.3) is 0 Å². The summed E-state index contributed by atoms with van der Waals surface area (Å²) in [5.41, 5.74) is 0.681. The van der Waals surface area contributed by atoms with E-state index in [0.717, 1.165) is 12.8 Å². The molecule has 1 aromatic heterocycles. The summed E-state index contributed by atoms with van der Waals surface area (Å²) < 4.78 is 1.65. The molecule has 0 bridgehead atoms. The molecule has 2 unspecified atom stereocenters. The Morgan fingerprint density at radius 3 is 2.50 bits per heavy atom. The van der Waals surface area contributed by atoms with Crippen molar-refractivity contribution in [2.45, 2.75) is 45.2 Å². The van der Waals surface area contributed by atoms with Crippen molar-refractivity contribution in [2.75, 3.05) is 0 Å². The third kappa shape index (κ3) is 1.84. The number of carbonyl (C=O) groups is 1. The number of amides is 1. The van der Waals surface area contributed by atoms with Gasteiger partial charge in [0, 0.05) is 25.3 Å². The van der Waals surface area contributed by atoms with Gasteiger partial charge in [0.1, 0.15) is 5.69 Å². The molecule has 1 amide bonds. The quantitative estimate of drug-likeness (QED) is 0.725. The van der Waals surface area contributed by atoms with Crippen molar-refractivity contribution < 1.29 is 4.79 Å². The topological polar surface area (TPSA) is 38.1 Å². The number of carbonyl (C=O) groups excluding carboxylic acids is 1. The average Bonchev–Trinajstić information content (AvgIpc) is 2.64. The smallest absolute Gasteiger partial charge is 0.272 e. The third-order valence-electron chi connectivity index (χ3n) is 3.47. The summed E-state index contributed by atoms with van der Waals surface area (Å²) in [5, 5.41) is 4.05. The number of aromatic nitrogens is 2. The summed E-state index contributed by atoms with van der Waals surface area (Å²) >= 11 is 0. The Bertz CT molecular complexity index is 375. The highest BCUT2D eigenvalue weighted by molar-refractivity contribution is 5.93. The Morgan fingerprint density at radius 2 is 2.00 bits per heavy atom. The summed E-state index contributed by atoms with van der Waals surface area (Å²) in [5.74, 6) is 0.111. The fourth-order valence-electron chi connectivity index (χ4n) is 2.54. The molecule has 0 N–H and O–H groups in total. The maximum absolute atomic E-state index is 12.4. The Morgan fingerprint density at radius 1 is 1.38 bits per heavy atom. The minimum atomic E-state index is 0.111. The number of rotatable bonds is 1. The fraction of sp³-hybridized carbons (Fsp3) is 0.667. The predicted octanol–water partition coefficient (Wildman–Crippen LogP) is 1.82. The van der Waals surface area contributed by atoms with Crippen molar-refractivity contribution in [1.82, 2.24) is 14.7 Å². The first kappa shape index (κ1) is 11.2. The number of hydrogen-bond donors (Lipinski definition) is 0. The van der Waals surface area contributed by atoms with Crippen LogP contribution in [0.5, 0.6) is 0 Å². The monoisotopic (exact) mass is 221 g/mol. The molecule has 1 saturated heterocycles. The molecule has 4 nitrogen and oxygen atoms in total. The standard InChI is InChI=1S/C12H19N3O/c1-9-5-4-6-10(2)15(9)12(16)11-7-8-13-14(11)3/h7-10H,4-6H2,1-3H3. The van der Waals surface area contributed by atoms with Gasteiger partial charge in [0.2, 0.25) is 0 Å². The van der Waals surface area contributed by atoms with Gasteiger partial charge in [0.25, 0.3) is 5.91 Å². The van der Waals surface area contributed by atoms with Crippen LogP contribution >= 0.6 is 0 Å². The van der Waals surface area contributed by atoms with Crippen molar-refractivity contribution in [2.24, 2.45) is 7.05 Å². The van der Waals surface area contributed by atoms with Crippen molar-refractivity contribution in [1.29, 1.82) is 0 Å². The van der Waals surface area contributed by atoms with Crippen LogP contribution in [0.4, 0.5) is 0 Å². The molecule has 2 atom stereocenters. The first-order chi connectivity index (χ1) is 7.61. The first-order valence-corrected chi connectivity index (χ1v) is 5.92. The SMILES string of the molecule is CC1CCCC(C)N1C(=O)c1ccnn1C. The van der Waals surface area contributed by atoms with E-state index >= 15 is 0 Å². The molecule has 88 valence electrons. The van der Waals surface area contributed by atoms with Crippen molar-refractivity contribution in [3.63, 3.8) is 0 Å².